The van der Waals surface area contributed by atoms with Crippen LogP contribution in [0.1, 0.15) is 34.1 Å². The number of rotatable bonds is 0. The Balaban J connectivity index is -0.00000000148. The van der Waals surface area contributed by atoms with Crippen LogP contribution in [0.2, 0.25) is 0 Å². The molecule has 135 valence electrons. The van der Waals surface area contributed by atoms with Gasteiger partial charge in [-0.1, -0.05) is 0 Å². The normalized spacial score (nSPS) is 2.00. The molecular formula is C11H26Mn10+5. The maximum atomic E-state index is 3.38. The molecule has 7 radical (unpaired) electrons. The molecule has 0 atom stereocenters. The molecule has 0 bridgehead atoms. The molecule has 0 nitrogen and oxygen atoms in total. The van der Waals surface area contributed by atoms with E-state index in [0.717, 1.165) is 6.42 Å². The van der Waals surface area contributed by atoms with Gasteiger partial charge < -0.3 is 48.0 Å². The van der Waals surface area contributed by atoms with Crippen molar-refractivity contribution >= 4 is 0 Å². The fourth-order valence-corrected chi connectivity index (χ4v) is 0. The summed E-state index contributed by atoms with van der Waals surface area (Å²) in [7, 11) is 0. The predicted octanol–water partition coefficient (Wildman–Crippen LogP) is 4.38. The van der Waals surface area contributed by atoms with Crippen LogP contribution in [0.3, 0.4) is 0 Å². The molecule has 0 amide bonds. The molecule has 21 heavy (non-hydrogen) atoms. The second-order valence-corrected chi connectivity index (χ2v) is 0.354. The van der Waals surface area contributed by atoms with Gasteiger partial charge in [0, 0.05) is 102 Å². The summed E-state index contributed by atoms with van der Waals surface area (Å²) in [6.07, 6.45) is 0.750. The largest absolute Gasteiger partial charge is 3.00 e. The van der Waals surface area contributed by atoms with Crippen LogP contribution in [0.4, 0.5) is 0 Å². The summed E-state index contributed by atoms with van der Waals surface area (Å²) in [6.45, 7) is 26.8. The van der Waals surface area contributed by atoms with E-state index in [-0.39, 0.29) is 171 Å². The smallest absolute Gasteiger partial charge is 0.372 e. The molecule has 0 aliphatic heterocycles. The Morgan fingerprint density at radius 1 is 0.429 bits per heavy atom. The van der Waals surface area contributed by atoms with Gasteiger partial charge in [-0.2, -0.15) is 27.7 Å². The van der Waals surface area contributed by atoms with Crippen LogP contribution in [-0.2, 0) is 171 Å². The van der Waals surface area contributed by atoms with Gasteiger partial charge in [0.05, 0.1) is 0 Å². The molecule has 0 aliphatic carbocycles. The topological polar surface area (TPSA) is 0 Å². The molecule has 0 heterocycles. The molecule has 0 unspecified atom stereocenters. The Morgan fingerprint density at radius 3 is 0.429 bits per heavy atom. The Labute approximate surface area is 242 Å². The molecule has 0 aromatic heterocycles. The molecule has 10 heteroatoms. The van der Waals surface area contributed by atoms with E-state index in [9.17, 15) is 0 Å². The van der Waals surface area contributed by atoms with Crippen molar-refractivity contribution in [3.8, 4) is 0 Å². The summed E-state index contributed by atoms with van der Waals surface area (Å²) in [6, 6.07) is 0. The van der Waals surface area contributed by atoms with Gasteiger partial charge in [0.1, 0.15) is 0 Å². The van der Waals surface area contributed by atoms with Crippen LogP contribution in [0.15, 0.2) is 0 Å². The van der Waals surface area contributed by atoms with Crippen LogP contribution in [0.5, 0.6) is 0 Å². The van der Waals surface area contributed by atoms with Gasteiger partial charge >= 0.3 is 68.3 Å². The zero-order valence-electron chi connectivity index (χ0n) is 12.7. The minimum absolute atomic E-state index is 0. The molecule has 0 aliphatic rings. The zero-order chi connectivity index (χ0) is 10.7. The summed E-state index contributed by atoms with van der Waals surface area (Å²) in [4.78, 5) is 0. The Bertz CT molecular complexity index is 21.0. The summed E-state index contributed by atoms with van der Waals surface area (Å²) in [5.41, 5.74) is 0. The first-order valence-electron chi connectivity index (χ1n) is 3.83. The van der Waals surface area contributed by atoms with Crippen molar-refractivity contribution in [3.05, 3.63) is 41.5 Å². The maximum Gasteiger partial charge on any atom is 3.00 e. The van der Waals surface area contributed by atoms with E-state index in [0.29, 0.717) is 0 Å². The summed E-state index contributed by atoms with van der Waals surface area (Å²) in [5.74, 6) is 0. The first-order chi connectivity index (χ1) is 5.41. The fourth-order valence-electron chi connectivity index (χ4n) is 0. The Hall–Kier alpha value is 5.19. The van der Waals surface area contributed by atoms with E-state index in [1.54, 1.807) is 27.7 Å². The molecule has 0 spiro atoms. The summed E-state index contributed by atoms with van der Waals surface area (Å²) < 4.78 is 0. The van der Waals surface area contributed by atoms with Gasteiger partial charge in [-0.3, -0.25) is 0 Å². The fraction of sp³-hybridized carbons (Fsp3) is 0.455. The van der Waals surface area contributed by atoms with Crippen LogP contribution in [0.25, 0.3) is 0 Å². The zero-order valence-corrected chi connectivity index (χ0v) is 24.5. The van der Waals surface area contributed by atoms with Gasteiger partial charge in [0.15, 0.2) is 0 Å². The maximum absolute atomic E-state index is 3.38. The third kappa shape index (κ3) is 502. The standard InChI is InChI=1S/C3H6.4C2H5.10Mn/c1-3-2;4*1-2;;;;;;;;;;/h1-3H2;4*1H2,2H3;;;;;;;;;;/q-2;4*-1;;;;;;;+2;3*+3. The van der Waals surface area contributed by atoms with Crippen LogP contribution < -0.4 is 0 Å². The van der Waals surface area contributed by atoms with Crippen molar-refractivity contribution in [3.63, 3.8) is 0 Å². The predicted molar refractivity (Wildman–Crippen MR) is 59.5 cm³/mol. The minimum Gasteiger partial charge on any atom is -0.372 e. The SMILES string of the molecule is [CH2-]C.[CH2-]C.[CH2-]C.[CH2-]C.[CH2-]C[CH2-].[Mn+2].[Mn+3].[Mn+3].[Mn+3].[Mn].[Mn].[Mn].[Mn].[Mn].[Mn]. The molecule has 0 fully saturated rings. The minimum atomic E-state index is 0. The third-order valence-corrected chi connectivity index (χ3v) is 0. The second kappa shape index (κ2) is 384. The van der Waals surface area contributed by atoms with Gasteiger partial charge in [-0.15, -0.1) is 0 Å². The summed E-state index contributed by atoms with van der Waals surface area (Å²) in [5, 5.41) is 0. The van der Waals surface area contributed by atoms with Crippen molar-refractivity contribution in [1.29, 1.82) is 0 Å². The van der Waals surface area contributed by atoms with E-state index in [2.05, 4.69) is 41.5 Å². The molecule has 0 aromatic carbocycles. The van der Waals surface area contributed by atoms with Crippen molar-refractivity contribution < 1.29 is 171 Å². The third-order valence-electron chi connectivity index (χ3n) is 0. The van der Waals surface area contributed by atoms with E-state index >= 15 is 0 Å². The molecular weight excluding hydrogens is 682 g/mol. The van der Waals surface area contributed by atoms with Crippen molar-refractivity contribution in [2.24, 2.45) is 0 Å². The van der Waals surface area contributed by atoms with E-state index in [1.807, 2.05) is 0 Å². The average Bonchev–Trinajstić information content (AvgIpc) is 2.18. The van der Waals surface area contributed by atoms with E-state index in [1.165, 1.54) is 0 Å². The average molecular weight is 708 g/mol. The molecule has 0 saturated heterocycles. The first-order valence-corrected chi connectivity index (χ1v) is 3.83. The second-order valence-electron chi connectivity index (χ2n) is 0.354. The molecule has 0 aromatic rings. The quantitative estimate of drug-likeness (QED) is 0.259. The van der Waals surface area contributed by atoms with Crippen molar-refractivity contribution in [2.45, 2.75) is 34.1 Å². The van der Waals surface area contributed by atoms with E-state index in [4.69, 9.17) is 0 Å². The van der Waals surface area contributed by atoms with Gasteiger partial charge in [-0.05, 0) is 0 Å². The Morgan fingerprint density at radius 2 is 0.429 bits per heavy atom. The first kappa shape index (κ1) is 133. The Kier molecular flexibility index (Phi) is 2430. The molecule has 0 saturated carbocycles. The monoisotopic (exact) mass is 708 g/mol. The molecule has 0 rings (SSSR count). The van der Waals surface area contributed by atoms with Crippen molar-refractivity contribution in [1.82, 2.24) is 0 Å². The van der Waals surface area contributed by atoms with E-state index < -0.39 is 0 Å². The van der Waals surface area contributed by atoms with Gasteiger partial charge in [0.2, 0.25) is 0 Å². The number of hydrogen-bond acceptors (Lipinski definition) is 0. The molecule has 0 N–H and O–H groups in total. The van der Waals surface area contributed by atoms with Gasteiger partial charge in [0.25, 0.3) is 0 Å². The van der Waals surface area contributed by atoms with Crippen LogP contribution >= 0.6 is 0 Å². The van der Waals surface area contributed by atoms with Crippen LogP contribution in [0, 0.1) is 41.5 Å². The van der Waals surface area contributed by atoms with Crippen LogP contribution in [-0.4, -0.2) is 0 Å². The van der Waals surface area contributed by atoms with Crippen molar-refractivity contribution in [2.75, 3.05) is 0 Å². The number of hydrogen-bond donors (Lipinski definition) is 0. The van der Waals surface area contributed by atoms with Gasteiger partial charge in [-0.25, -0.2) is 0 Å². The summed E-state index contributed by atoms with van der Waals surface area (Å²) >= 11 is 0.